The molecule has 0 aliphatic carbocycles. The Morgan fingerprint density at radius 2 is 1.95 bits per heavy atom. The first-order valence-corrected chi connectivity index (χ1v) is 6.75. The summed E-state index contributed by atoms with van der Waals surface area (Å²) in [6.07, 6.45) is 2.41. The van der Waals surface area contributed by atoms with Crippen LogP contribution in [-0.2, 0) is 0 Å². The topological polar surface area (TPSA) is 61.3 Å². The summed E-state index contributed by atoms with van der Waals surface area (Å²) >= 11 is 0. The van der Waals surface area contributed by atoms with Gasteiger partial charge in [0, 0.05) is 25.0 Å². The van der Waals surface area contributed by atoms with Gasteiger partial charge in [0.15, 0.2) is 0 Å². The molecule has 0 radical (unpaired) electrons. The summed E-state index contributed by atoms with van der Waals surface area (Å²) in [6, 6.07) is 7.97. The third-order valence-corrected chi connectivity index (χ3v) is 3.38. The number of benzene rings is 1. The fourth-order valence-corrected chi connectivity index (χ4v) is 2.43. The van der Waals surface area contributed by atoms with Crippen molar-refractivity contribution in [2.24, 2.45) is 0 Å². The predicted octanol–water partition coefficient (Wildman–Crippen LogP) is 1.63. The molecule has 3 rings (SSSR count). The average Bonchev–Trinajstić information content (AvgIpc) is 2.98. The largest absolute Gasteiger partial charge is 0.395 e. The second kappa shape index (κ2) is 5.40. The van der Waals surface area contributed by atoms with Crippen molar-refractivity contribution in [2.45, 2.75) is 12.8 Å². The van der Waals surface area contributed by atoms with E-state index in [1.165, 1.54) is 12.8 Å². The normalized spacial score (nSPS) is 15.1. The lowest BCUT2D eigenvalue weighted by molar-refractivity contribution is 0.311. The van der Waals surface area contributed by atoms with Crippen molar-refractivity contribution >= 4 is 22.7 Å². The number of para-hydroxylation sites is 1. The number of hydrogen-bond acceptors (Lipinski definition) is 5. The molecule has 0 spiro atoms. The van der Waals surface area contributed by atoms with Gasteiger partial charge in [0.1, 0.15) is 5.82 Å². The highest BCUT2D eigenvalue weighted by Crippen LogP contribution is 2.25. The number of aliphatic hydroxyl groups excluding tert-OH is 1. The Bertz CT molecular complexity index is 566. The van der Waals surface area contributed by atoms with Gasteiger partial charge in [-0.3, -0.25) is 0 Å². The van der Waals surface area contributed by atoms with E-state index in [0.29, 0.717) is 6.54 Å². The number of anilines is 2. The monoisotopic (exact) mass is 258 g/mol. The third kappa shape index (κ3) is 2.46. The third-order valence-electron chi connectivity index (χ3n) is 3.38. The second-order valence-electron chi connectivity index (χ2n) is 4.73. The van der Waals surface area contributed by atoms with E-state index in [2.05, 4.69) is 20.2 Å². The van der Waals surface area contributed by atoms with Crippen LogP contribution in [0.1, 0.15) is 12.8 Å². The molecular formula is C14H18N4O. The Kier molecular flexibility index (Phi) is 3.46. The molecule has 5 nitrogen and oxygen atoms in total. The van der Waals surface area contributed by atoms with E-state index in [-0.39, 0.29) is 6.61 Å². The molecule has 100 valence electrons. The van der Waals surface area contributed by atoms with Crippen LogP contribution in [0.3, 0.4) is 0 Å². The molecule has 1 aromatic heterocycles. The Hall–Kier alpha value is -1.88. The van der Waals surface area contributed by atoms with Gasteiger partial charge in [0.25, 0.3) is 0 Å². The quantitative estimate of drug-likeness (QED) is 0.873. The highest BCUT2D eigenvalue weighted by Gasteiger charge is 2.17. The van der Waals surface area contributed by atoms with Crippen LogP contribution in [0.2, 0.25) is 0 Å². The molecule has 0 unspecified atom stereocenters. The molecule has 19 heavy (non-hydrogen) atoms. The predicted molar refractivity (Wildman–Crippen MR) is 76.6 cm³/mol. The van der Waals surface area contributed by atoms with Crippen molar-refractivity contribution in [2.75, 3.05) is 36.5 Å². The van der Waals surface area contributed by atoms with E-state index in [1.54, 1.807) is 0 Å². The number of aliphatic hydroxyl groups is 1. The zero-order chi connectivity index (χ0) is 13.1. The maximum absolute atomic E-state index is 8.96. The van der Waals surface area contributed by atoms with E-state index in [9.17, 15) is 0 Å². The molecule has 0 saturated carbocycles. The number of fused-ring (bicyclic) bond motifs is 1. The highest BCUT2D eigenvalue weighted by molar-refractivity contribution is 5.90. The molecule has 1 aromatic carbocycles. The lowest BCUT2D eigenvalue weighted by Gasteiger charge is -2.17. The maximum Gasteiger partial charge on any atom is 0.227 e. The zero-order valence-corrected chi connectivity index (χ0v) is 10.8. The van der Waals surface area contributed by atoms with Crippen LogP contribution >= 0.6 is 0 Å². The summed E-state index contributed by atoms with van der Waals surface area (Å²) in [6.45, 7) is 2.65. The molecule has 2 N–H and O–H groups in total. The fourth-order valence-electron chi connectivity index (χ4n) is 2.43. The number of rotatable bonds is 4. The van der Waals surface area contributed by atoms with Crippen LogP contribution in [0.4, 0.5) is 11.8 Å². The molecule has 2 heterocycles. The van der Waals surface area contributed by atoms with Gasteiger partial charge in [0.2, 0.25) is 5.95 Å². The zero-order valence-electron chi connectivity index (χ0n) is 10.8. The van der Waals surface area contributed by atoms with Crippen molar-refractivity contribution in [3.05, 3.63) is 24.3 Å². The Morgan fingerprint density at radius 1 is 1.16 bits per heavy atom. The molecule has 0 atom stereocenters. The number of hydrogen-bond donors (Lipinski definition) is 2. The van der Waals surface area contributed by atoms with Gasteiger partial charge in [-0.15, -0.1) is 0 Å². The lowest BCUT2D eigenvalue weighted by atomic mass is 10.2. The first-order chi connectivity index (χ1) is 9.38. The van der Waals surface area contributed by atoms with Crippen LogP contribution in [0, 0.1) is 0 Å². The van der Waals surface area contributed by atoms with E-state index in [0.717, 1.165) is 35.8 Å². The smallest absolute Gasteiger partial charge is 0.227 e. The lowest BCUT2D eigenvalue weighted by Crippen LogP contribution is -2.21. The summed E-state index contributed by atoms with van der Waals surface area (Å²) in [7, 11) is 0. The second-order valence-corrected chi connectivity index (χ2v) is 4.73. The summed E-state index contributed by atoms with van der Waals surface area (Å²) in [5, 5.41) is 13.1. The standard InChI is InChI=1S/C14H18N4O/c19-10-7-15-13-11-5-1-2-6-12(11)16-14(17-13)18-8-3-4-9-18/h1-2,5-6,19H,3-4,7-10H2,(H,15,16,17). The molecule has 5 heteroatoms. The van der Waals surface area contributed by atoms with Crippen LogP contribution in [-0.4, -0.2) is 41.3 Å². The minimum absolute atomic E-state index is 0.0946. The van der Waals surface area contributed by atoms with Crippen LogP contribution in [0.15, 0.2) is 24.3 Å². The summed E-state index contributed by atoms with van der Waals surface area (Å²) < 4.78 is 0. The van der Waals surface area contributed by atoms with Gasteiger partial charge in [-0.2, -0.15) is 4.98 Å². The van der Waals surface area contributed by atoms with Crippen molar-refractivity contribution in [1.82, 2.24) is 9.97 Å². The van der Waals surface area contributed by atoms with Crippen molar-refractivity contribution in [3.8, 4) is 0 Å². The first-order valence-electron chi connectivity index (χ1n) is 6.75. The summed E-state index contributed by atoms with van der Waals surface area (Å²) in [4.78, 5) is 11.5. The number of aromatic nitrogens is 2. The minimum atomic E-state index is 0.0946. The number of nitrogens with zero attached hydrogens (tertiary/aromatic N) is 3. The highest BCUT2D eigenvalue weighted by atomic mass is 16.3. The van der Waals surface area contributed by atoms with Gasteiger partial charge < -0.3 is 15.3 Å². The van der Waals surface area contributed by atoms with Gasteiger partial charge >= 0.3 is 0 Å². The average molecular weight is 258 g/mol. The van der Waals surface area contributed by atoms with E-state index < -0.39 is 0 Å². The molecule has 0 bridgehead atoms. The van der Waals surface area contributed by atoms with Crippen molar-refractivity contribution in [3.63, 3.8) is 0 Å². The SMILES string of the molecule is OCCNc1nc(N2CCCC2)nc2ccccc12. The molecule has 1 aliphatic heterocycles. The van der Waals surface area contributed by atoms with Gasteiger partial charge in [0.05, 0.1) is 12.1 Å². The van der Waals surface area contributed by atoms with Gasteiger partial charge in [-0.25, -0.2) is 4.98 Å². The van der Waals surface area contributed by atoms with Crippen LogP contribution in [0.5, 0.6) is 0 Å². The van der Waals surface area contributed by atoms with Crippen molar-refractivity contribution in [1.29, 1.82) is 0 Å². The fraction of sp³-hybridized carbons (Fsp3) is 0.429. The molecular weight excluding hydrogens is 240 g/mol. The minimum Gasteiger partial charge on any atom is -0.395 e. The van der Waals surface area contributed by atoms with E-state index >= 15 is 0 Å². The first kappa shape index (κ1) is 12.2. The molecule has 1 aliphatic rings. The van der Waals surface area contributed by atoms with E-state index in [1.807, 2.05) is 24.3 Å². The maximum atomic E-state index is 8.96. The Morgan fingerprint density at radius 3 is 2.74 bits per heavy atom. The molecule has 1 fully saturated rings. The van der Waals surface area contributed by atoms with Gasteiger partial charge in [-0.1, -0.05) is 12.1 Å². The number of nitrogens with one attached hydrogen (secondary N) is 1. The summed E-state index contributed by atoms with van der Waals surface area (Å²) in [5.41, 5.74) is 0.944. The Balaban J connectivity index is 2.03. The van der Waals surface area contributed by atoms with E-state index in [4.69, 9.17) is 5.11 Å². The van der Waals surface area contributed by atoms with Crippen LogP contribution < -0.4 is 10.2 Å². The Labute approximate surface area is 112 Å². The van der Waals surface area contributed by atoms with Gasteiger partial charge in [-0.05, 0) is 25.0 Å². The van der Waals surface area contributed by atoms with Crippen molar-refractivity contribution < 1.29 is 5.11 Å². The van der Waals surface area contributed by atoms with Crippen LogP contribution in [0.25, 0.3) is 10.9 Å². The molecule has 0 amide bonds. The molecule has 2 aromatic rings. The molecule has 1 saturated heterocycles. The summed E-state index contributed by atoms with van der Waals surface area (Å²) in [5.74, 6) is 1.60.